The van der Waals surface area contributed by atoms with E-state index < -0.39 is 30.8 Å². The normalized spacial score (nSPS) is 15.7. The average molecular weight is 803 g/mol. The molecule has 0 fully saturated rings. The van der Waals surface area contributed by atoms with Crippen LogP contribution in [0.5, 0.6) is 0 Å². The van der Waals surface area contributed by atoms with E-state index in [4.69, 9.17) is 0 Å². The summed E-state index contributed by atoms with van der Waals surface area (Å²) >= 11 is -1.19. The van der Waals surface area contributed by atoms with Gasteiger partial charge in [0.1, 0.15) is 0 Å². The predicted octanol–water partition coefficient (Wildman–Crippen LogP) is 11.2. The van der Waals surface area contributed by atoms with Crippen molar-refractivity contribution in [2.45, 2.75) is 34.0 Å². The molecule has 8 rings (SSSR count). The molecule has 0 N–H and O–H groups in total. The second-order valence-electron chi connectivity index (χ2n) is 12.6. The summed E-state index contributed by atoms with van der Waals surface area (Å²) in [5, 5.41) is 4.60. The van der Waals surface area contributed by atoms with Crippen molar-refractivity contribution in [1.29, 1.82) is 0 Å². The first-order valence-corrected chi connectivity index (χ1v) is 22.5. The molecule has 0 aromatic heterocycles. The SMILES string of the molecule is Cc1ccc(C)c2c1C=C[CH]2[Hf][CH]1C(P(c2ccccc2)c2ccccc2)=Cc2ccccc21.c1ccc(CCc2ccccc2)cc1. The van der Waals surface area contributed by atoms with Crippen LogP contribution >= 0.6 is 7.92 Å². The van der Waals surface area contributed by atoms with E-state index in [1.54, 1.807) is 16.4 Å². The zero-order chi connectivity index (χ0) is 32.7. The molecule has 48 heavy (non-hydrogen) atoms. The van der Waals surface area contributed by atoms with Crippen molar-refractivity contribution in [1.82, 2.24) is 0 Å². The van der Waals surface area contributed by atoms with Crippen molar-refractivity contribution in [3.63, 3.8) is 0 Å². The van der Waals surface area contributed by atoms with E-state index in [2.05, 4.69) is 190 Å². The quantitative estimate of drug-likeness (QED) is 0.106. The van der Waals surface area contributed by atoms with Gasteiger partial charge in [0.15, 0.2) is 0 Å². The third-order valence-electron chi connectivity index (χ3n) is 9.42. The summed E-state index contributed by atoms with van der Waals surface area (Å²) in [6, 6.07) is 57.5. The van der Waals surface area contributed by atoms with Crippen LogP contribution in [0.15, 0.2) is 169 Å². The van der Waals surface area contributed by atoms with Crippen molar-refractivity contribution in [3.05, 3.63) is 214 Å². The number of rotatable bonds is 8. The molecule has 0 aliphatic heterocycles. The van der Waals surface area contributed by atoms with Crippen LogP contribution < -0.4 is 10.6 Å². The Morgan fingerprint density at radius 1 is 0.542 bits per heavy atom. The Kier molecular flexibility index (Phi) is 10.6. The molecule has 2 aliphatic carbocycles. The average Bonchev–Trinajstić information content (AvgIpc) is 3.74. The summed E-state index contributed by atoms with van der Waals surface area (Å²) in [4.78, 5) is 0. The molecule has 0 nitrogen and oxygen atoms in total. The van der Waals surface area contributed by atoms with Crippen molar-refractivity contribution in [2.24, 2.45) is 0 Å². The van der Waals surface area contributed by atoms with Gasteiger partial charge in [-0.3, -0.25) is 0 Å². The number of hydrogen-bond donors (Lipinski definition) is 0. The zero-order valence-corrected chi connectivity index (χ0v) is 32.2. The first-order valence-electron chi connectivity index (χ1n) is 17.0. The van der Waals surface area contributed by atoms with Crippen LogP contribution in [0.4, 0.5) is 0 Å². The summed E-state index contributed by atoms with van der Waals surface area (Å²) in [5.41, 5.74) is 11.8. The summed E-state index contributed by atoms with van der Waals surface area (Å²) in [7, 11) is -0.553. The second-order valence-corrected chi connectivity index (χ2v) is 20.4. The van der Waals surface area contributed by atoms with E-state index in [-0.39, 0.29) is 0 Å². The maximum atomic E-state index is 2.56. The molecule has 0 heterocycles. The Morgan fingerprint density at radius 2 is 1.04 bits per heavy atom. The molecule has 0 amide bonds. The Balaban J connectivity index is 0.000000218. The summed E-state index contributed by atoms with van der Waals surface area (Å²) in [5.74, 6) is 0. The largest absolute Gasteiger partial charge is 0.0622 e. The standard InChI is InChI=1S/C21H16P.C14H14.C11H11.Hf/c1-3-11-19(12-4-1)22(20-13-5-2-6-14-20)21-15-17-9-7-8-10-18(17)16-21;1-3-7-13(8-4-1)11-12-14-9-5-2-6-10-14;1-8-6-7-9(2)11-5-3-4-10(8)11;/h1-16H;1-10H,11-12H2;3-7H,1-2H3;. The number of benzene rings is 6. The van der Waals surface area contributed by atoms with Gasteiger partial charge in [-0.25, -0.2) is 0 Å². The molecular weight excluding hydrogens is 762 g/mol. The number of fused-ring (bicyclic) bond motifs is 2. The molecule has 2 heteroatoms. The summed E-state index contributed by atoms with van der Waals surface area (Å²) in [6.45, 7) is 4.57. The monoisotopic (exact) mass is 804 g/mol. The maximum Gasteiger partial charge on any atom is -0.0238 e. The van der Waals surface area contributed by atoms with Crippen molar-refractivity contribution >= 4 is 30.7 Å². The Labute approximate surface area is 299 Å². The number of aryl methyl sites for hydroxylation is 4. The van der Waals surface area contributed by atoms with Crippen LogP contribution in [0.1, 0.15) is 51.9 Å². The topological polar surface area (TPSA) is 0 Å². The number of allylic oxidation sites excluding steroid dienone is 2. The van der Waals surface area contributed by atoms with Crippen LogP contribution in [0.3, 0.4) is 0 Å². The molecule has 6 aromatic rings. The number of hydrogen-bond acceptors (Lipinski definition) is 0. The molecule has 0 saturated heterocycles. The van der Waals surface area contributed by atoms with Crippen molar-refractivity contribution in [3.8, 4) is 0 Å². The molecule has 0 saturated carbocycles. The van der Waals surface area contributed by atoms with Crippen molar-refractivity contribution < 1.29 is 22.9 Å². The predicted molar refractivity (Wildman–Crippen MR) is 204 cm³/mol. The Morgan fingerprint density at radius 3 is 1.62 bits per heavy atom. The molecule has 0 spiro atoms. The van der Waals surface area contributed by atoms with Gasteiger partial charge < -0.3 is 0 Å². The third kappa shape index (κ3) is 7.39. The van der Waals surface area contributed by atoms with Crippen LogP contribution in [-0.2, 0) is 35.7 Å². The molecule has 234 valence electrons. The first kappa shape index (κ1) is 32.6. The van der Waals surface area contributed by atoms with Crippen LogP contribution in [0.25, 0.3) is 12.2 Å². The van der Waals surface area contributed by atoms with Crippen LogP contribution in [-0.4, -0.2) is 0 Å². The van der Waals surface area contributed by atoms with E-state index in [0.717, 1.165) is 12.8 Å². The summed E-state index contributed by atoms with van der Waals surface area (Å²) < 4.78 is 1.26. The van der Waals surface area contributed by atoms with Gasteiger partial charge in [-0.1, -0.05) is 60.7 Å². The van der Waals surface area contributed by atoms with E-state index >= 15 is 0 Å². The minimum Gasteiger partial charge on any atom is -0.0622 e. The van der Waals surface area contributed by atoms with Crippen LogP contribution in [0.2, 0.25) is 0 Å². The minimum absolute atomic E-state index is 0.553. The van der Waals surface area contributed by atoms with Gasteiger partial charge >= 0.3 is 217 Å². The molecule has 6 aromatic carbocycles. The van der Waals surface area contributed by atoms with E-state index in [1.165, 1.54) is 44.0 Å². The Bertz CT molecular complexity index is 1930. The van der Waals surface area contributed by atoms with Gasteiger partial charge in [0.25, 0.3) is 0 Å². The molecule has 0 radical (unpaired) electrons. The molecular formula is C46H41HfP. The molecule has 2 unspecified atom stereocenters. The van der Waals surface area contributed by atoms with E-state index in [0.29, 0.717) is 7.35 Å². The van der Waals surface area contributed by atoms with E-state index in [1.807, 2.05) is 0 Å². The van der Waals surface area contributed by atoms with Gasteiger partial charge in [-0.2, -0.15) is 0 Å². The molecule has 2 atom stereocenters. The van der Waals surface area contributed by atoms with Crippen LogP contribution in [0, 0.1) is 13.8 Å². The third-order valence-corrected chi connectivity index (χ3v) is 19.3. The van der Waals surface area contributed by atoms with Gasteiger partial charge in [0.05, 0.1) is 0 Å². The fraction of sp³-hybridized carbons (Fsp3) is 0.130. The minimum atomic E-state index is -1.19. The van der Waals surface area contributed by atoms with Gasteiger partial charge in [0, 0.05) is 0 Å². The second kappa shape index (κ2) is 15.5. The Hall–Kier alpha value is -3.90. The first-order chi connectivity index (χ1) is 23.7. The summed E-state index contributed by atoms with van der Waals surface area (Å²) in [6.07, 6.45) is 9.77. The maximum absolute atomic E-state index is 2.56. The fourth-order valence-corrected chi connectivity index (χ4v) is 18.0. The van der Waals surface area contributed by atoms with Gasteiger partial charge in [0.2, 0.25) is 0 Å². The van der Waals surface area contributed by atoms with Crippen molar-refractivity contribution in [2.75, 3.05) is 0 Å². The smallest absolute Gasteiger partial charge is 0.0238 e. The zero-order valence-electron chi connectivity index (χ0n) is 27.8. The van der Waals surface area contributed by atoms with E-state index in [9.17, 15) is 0 Å². The fourth-order valence-electron chi connectivity index (χ4n) is 6.95. The molecule has 2 aliphatic rings. The molecule has 0 bridgehead atoms. The van der Waals surface area contributed by atoms with Gasteiger partial charge in [-0.15, -0.1) is 0 Å². The van der Waals surface area contributed by atoms with Gasteiger partial charge in [-0.05, 0) is 24.0 Å².